The van der Waals surface area contributed by atoms with E-state index in [-0.39, 0.29) is 11.8 Å². The van der Waals surface area contributed by atoms with Crippen molar-refractivity contribution in [2.24, 2.45) is 17.6 Å². The van der Waals surface area contributed by atoms with Crippen molar-refractivity contribution in [1.29, 1.82) is 0 Å². The molecule has 1 amide bonds. The molecule has 1 saturated heterocycles. The molecule has 0 aromatic heterocycles. The highest BCUT2D eigenvalue weighted by Gasteiger charge is 2.21. The zero-order valence-corrected chi connectivity index (χ0v) is 12.1. The highest BCUT2D eigenvalue weighted by atomic mass is 16.1. The highest BCUT2D eigenvalue weighted by Crippen LogP contribution is 2.12. The van der Waals surface area contributed by atoms with E-state index >= 15 is 0 Å². The van der Waals surface area contributed by atoms with Gasteiger partial charge >= 0.3 is 0 Å². The van der Waals surface area contributed by atoms with Crippen LogP contribution in [0.15, 0.2) is 0 Å². The SMILES string of the molecule is CC(C)CC(CN)C(=O)NCC(C)N1CCCC1. The molecular formula is C14H29N3O. The summed E-state index contributed by atoms with van der Waals surface area (Å²) in [5.74, 6) is 0.605. The molecule has 0 aliphatic carbocycles. The average molecular weight is 255 g/mol. The molecule has 3 N–H and O–H groups in total. The molecule has 0 bridgehead atoms. The van der Waals surface area contributed by atoms with E-state index in [2.05, 4.69) is 31.0 Å². The minimum absolute atomic E-state index is 0.0317. The number of amides is 1. The van der Waals surface area contributed by atoms with E-state index in [1.807, 2.05) is 0 Å². The first-order valence-corrected chi connectivity index (χ1v) is 7.26. The third-order valence-electron chi connectivity index (χ3n) is 3.75. The molecule has 0 radical (unpaired) electrons. The maximum Gasteiger partial charge on any atom is 0.224 e. The van der Waals surface area contributed by atoms with Crippen molar-refractivity contribution in [3.8, 4) is 0 Å². The number of nitrogens with zero attached hydrogens (tertiary/aromatic N) is 1. The number of hydrogen-bond donors (Lipinski definition) is 2. The molecular weight excluding hydrogens is 226 g/mol. The minimum Gasteiger partial charge on any atom is -0.354 e. The Hall–Kier alpha value is -0.610. The van der Waals surface area contributed by atoms with Crippen molar-refractivity contribution in [3.63, 3.8) is 0 Å². The average Bonchev–Trinajstić information content (AvgIpc) is 2.86. The molecule has 1 aliphatic heterocycles. The molecule has 0 saturated carbocycles. The maximum atomic E-state index is 12.0. The molecule has 1 aliphatic rings. The molecule has 0 aromatic rings. The van der Waals surface area contributed by atoms with Crippen molar-refractivity contribution in [1.82, 2.24) is 10.2 Å². The number of nitrogens with one attached hydrogen (secondary N) is 1. The van der Waals surface area contributed by atoms with Gasteiger partial charge in [-0.15, -0.1) is 0 Å². The summed E-state index contributed by atoms with van der Waals surface area (Å²) in [5.41, 5.74) is 5.68. The normalized spacial score (nSPS) is 20.1. The van der Waals surface area contributed by atoms with E-state index < -0.39 is 0 Å². The predicted octanol–water partition coefficient (Wildman–Crippen LogP) is 1.21. The third kappa shape index (κ3) is 4.94. The molecule has 18 heavy (non-hydrogen) atoms. The van der Waals surface area contributed by atoms with Crippen LogP contribution < -0.4 is 11.1 Å². The summed E-state index contributed by atoms with van der Waals surface area (Å²) in [6.07, 6.45) is 3.45. The molecule has 0 aromatic carbocycles. The van der Waals surface area contributed by atoms with Crippen molar-refractivity contribution in [3.05, 3.63) is 0 Å². The zero-order valence-electron chi connectivity index (χ0n) is 12.1. The van der Waals surface area contributed by atoms with Gasteiger partial charge in [0.2, 0.25) is 5.91 Å². The number of carbonyl (C=O) groups is 1. The van der Waals surface area contributed by atoms with Gasteiger partial charge in [0.1, 0.15) is 0 Å². The van der Waals surface area contributed by atoms with Gasteiger partial charge in [-0.3, -0.25) is 9.69 Å². The first kappa shape index (κ1) is 15.4. The van der Waals surface area contributed by atoms with Gasteiger partial charge < -0.3 is 11.1 Å². The van der Waals surface area contributed by atoms with Crippen LogP contribution in [0.1, 0.15) is 40.0 Å². The summed E-state index contributed by atoms with van der Waals surface area (Å²) < 4.78 is 0. The second kappa shape index (κ2) is 7.74. The smallest absolute Gasteiger partial charge is 0.224 e. The molecule has 1 fully saturated rings. The van der Waals surface area contributed by atoms with E-state index in [1.54, 1.807) is 0 Å². The van der Waals surface area contributed by atoms with Crippen molar-refractivity contribution >= 4 is 5.91 Å². The Balaban J connectivity index is 2.29. The molecule has 1 rings (SSSR count). The Morgan fingerprint density at radius 2 is 1.89 bits per heavy atom. The van der Waals surface area contributed by atoms with Crippen LogP contribution in [0.2, 0.25) is 0 Å². The maximum absolute atomic E-state index is 12.0. The van der Waals surface area contributed by atoms with Crippen LogP contribution in [0.25, 0.3) is 0 Å². The number of nitrogens with two attached hydrogens (primary N) is 1. The topological polar surface area (TPSA) is 58.4 Å². The third-order valence-corrected chi connectivity index (χ3v) is 3.75. The fraction of sp³-hybridized carbons (Fsp3) is 0.929. The second-order valence-corrected chi connectivity index (χ2v) is 5.90. The monoisotopic (exact) mass is 255 g/mol. The van der Waals surface area contributed by atoms with E-state index in [1.165, 1.54) is 25.9 Å². The Morgan fingerprint density at radius 3 is 2.39 bits per heavy atom. The Labute approximate surface area is 111 Å². The fourth-order valence-corrected chi connectivity index (χ4v) is 2.58. The Morgan fingerprint density at radius 1 is 1.28 bits per heavy atom. The molecule has 106 valence electrons. The quantitative estimate of drug-likeness (QED) is 0.719. The van der Waals surface area contributed by atoms with Crippen molar-refractivity contribution in [2.45, 2.75) is 46.1 Å². The van der Waals surface area contributed by atoms with Crippen LogP contribution in [-0.2, 0) is 4.79 Å². The summed E-state index contributed by atoms with van der Waals surface area (Å²) >= 11 is 0. The van der Waals surface area contributed by atoms with Crippen molar-refractivity contribution in [2.75, 3.05) is 26.2 Å². The van der Waals surface area contributed by atoms with Gasteiger partial charge in [-0.25, -0.2) is 0 Å². The van der Waals surface area contributed by atoms with E-state index in [0.29, 0.717) is 18.5 Å². The van der Waals surface area contributed by atoms with E-state index in [9.17, 15) is 4.79 Å². The molecule has 1 heterocycles. The number of rotatable bonds is 7. The standard InChI is InChI=1S/C14H29N3O/c1-11(2)8-13(9-15)14(18)16-10-12(3)17-6-4-5-7-17/h11-13H,4-10,15H2,1-3H3,(H,16,18). The lowest BCUT2D eigenvalue weighted by atomic mass is 9.96. The summed E-state index contributed by atoms with van der Waals surface area (Å²) in [6, 6.07) is 0.439. The van der Waals surface area contributed by atoms with Gasteiger partial charge in [-0.05, 0) is 45.2 Å². The van der Waals surface area contributed by atoms with Gasteiger partial charge in [0, 0.05) is 19.1 Å². The van der Waals surface area contributed by atoms with Gasteiger partial charge in [0.15, 0.2) is 0 Å². The summed E-state index contributed by atoms with van der Waals surface area (Å²) in [7, 11) is 0. The van der Waals surface area contributed by atoms with Crippen LogP contribution in [0.4, 0.5) is 0 Å². The molecule has 2 unspecified atom stereocenters. The van der Waals surface area contributed by atoms with Crippen LogP contribution in [-0.4, -0.2) is 43.0 Å². The fourth-order valence-electron chi connectivity index (χ4n) is 2.58. The van der Waals surface area contributed by atoms with Gasteiger partial charge in [0.05, 0.1) is 5.92 Å². The number of carbonyl (C=O) groups excluding carboxylic acids is 1. The lowest BCUT2D eigenvalue weighted by Crippen LogP contribution is -2.44. The molecule has 4 heteroatoms. The van der Waals surface area contributed by atoms with E-state index in [4.69, 9.17) is 5.73 Å². The van der Waals surface area contributed by atoms with Crippen LogP contribution in [0.5, 0.6) is 0 Å². The predicted molar refractivity (Wildman–Crippen MR) is 75.3 cm³/mol. The second-order valence-electron chi connectivity index (χ2n) is 5.90. The summed E-state index contributed by atoms with van der Waals surface area (Å²) in [6.45, 7) is 9.97. The van der Waals surface area contributed by atoms with Crippen LogP contribution >= 0.6 is 0 Å². The summed E-state index contributed by atoms with van der Waals surface area (Å²) in [4.78, 5) is 14.5. The lowest BCUT2D eigenvalue weighted by molar-refractivity contribution is -0.125. The molecule has 2 atom stereocenters. The van der Waals surface area contributed by atoms with Gasteiger partial charge in [-0.1, -0.05) is 13.8 Å². The lowest BCUT2D eigenvalue weighted by Gasteiger charge is -2.25. The molecule has 0 spiro atoms. The zero-order chi connectivity index (χ0) is 13.5. The van der Waals surface area contributed by atoms with E-state index in [0.717, 1.165) is 13.0 Å². The Kier molecular flexibility index (Phi) is 6.65. The van der Waals surface area contributed by atoms with Crippen molar-refractivity contribution < 1.29 is 4.79 Å². The number of likely N-dealkylation sites (tertiary alicyclic amines) is 1. The highest BCUT2D eigenvalue weighted by molar-refractivity contribution is 5.78. The summed E-state index contributed by atoms with van der Waals surface area (Å²) in [5, 5.41) is 3.06. The van der Waals surface area contributed by atoms with Crippen LogP contribution in [0, 0.1) is 11.8 Å². The largest absolute Gasteiger partial charge is 0.354 e. The van der Waals surface area contributed by atoms with Gasteiger partial charge in [-0.2, -0.15) is 0 Å². The van der Waals surface area contributed by atoms with Crippen LogP contribution in [0.3, 0.4) is 0 Å². The number of hydrogen-bond acceptors (Lipinski definition) is 3. The minimum atomic E-state index is -0.0317. The van der Waals surface area contributed by atoms with Gasteiger partial charge in [0.25, 0.3) is 0 Å². The first-order valence-electron chi connectivity index (χ1n) is 7.26. The Bertz CT molecular complexity index is 249. The molecule has 4 nitrogen and oxygen atoms in total. The first-order chi connectivity index (χ1) is 8.54.